The summed E-state index contributed by atoms with van der Waals surface area (Å²) in [6.07, 6.45) is 0. The molecular weight excluding hydrogens is 338 g/mol. The molecule has 0 fully saturated rings. The number of rotatable bonds is 6. The molecule has 26 heavy (non-hydrogen) atoms. The summed E-state index contributed by atoms with van der Waals surface area (Å²) in [6, 6.07) is 15.4. The Hall–Kier alpha value is -3.68. The number of aromatic nitrogens is 2. The van der Waals surface area contributed by atoms with Crippen LogP contribution in [0.3, 0.4) is 0 Å². The molecule has 8 heteroatoms. The molecule has 2 aromatic carbocycles. The van der Waals surface area contributed by atoms with Crippen molar-refractivity contribution in [3.8, 4) is 17.2 Å². The van der Waals surface area contributed by atoms with E-state index >= 15 is 0 Å². The Morgan fingerprint density at radius 2 is 1.77 bits per heavy atom. The number of hydrogen-bond acceptors (Lipinski definition) is 7. The van der Waals surface area contributed by atoms with Gasteiger partial charge in [0, 0.05) is 5.56 Å². The number of benzene rings is 2. The van der Waals surface area contributed by atoms with E-state index in [-0.39, 0.29) is 11.9 Å². The lowest BCUT2D eigenvalue weighted by Crippen LogP contribution is -2.21. The Labute approximate surface area is 148 Å². The average molecular weight is 353 g/mol. The van der Waals surface area contributed by atoms with E-state index in [0.717, 1.165) is 5.56 Å². The summed E-state index contributed by atoms with van der Waals surface area (Å²) in [4.78, 5) is 23.8. The van der Waals surface area contributed by atoms with E-state index in [9.17, 15) is 9.59 Å². The normalized spacial score (nSPS) is 10.2. The van der Waals surface area contributed by atoms with Crippen LogP contribution in [0.25, 0.3) is 11.5 Å². The maximum atomic E-state index is 11.9. The molecule has 0 bridgehead atoms. The van der Waals surface area contributed by atoms with Gasteiger partial charge in [-0.15, -0.1) is 5.10 Å². The Kier molecular flexibility index (Phi) is 5.23. The molecule has 0 aliphatic heterocycles. The number of amides is 1. The summed E-state index contributed by atoms with van der Waals surface area (Å²) in [5.41, 5.74) is 1.04. The predicted octanol–water partition coefficient (Wildman–Crippen LogP) is 2.54. The monoisotopic (exact) mass is 353 g/mol. The molecule has 1 aromatic heterocycles. The zero-order chi connectivity index (χ0) is 18.4. The maximum absolute atomic E-state index is 11.9. The second-order valence-electron chi connectivity index (χ2n) is 5.13. The quantitative estimate of drug-likeness (QED) is 0.679. The Morgan fingerprint density at radius 1 is 1.04 bits per heavy atom. The molecule has 8 nitrogen and oxygen atoms in total. The Morgan fingerprint density at radius 3 is 2.46 bits per heavy atom. The summed E-state index contributed by atoms with van der Waals surface area (Å²) in [6.45, 7) is -0.478. The van der Waals surface area contributed by atoms with E-state index < -0.39 is 18.5 Å². The predicted molar refractivity (Wildman–Crippen MR) is 91.6 cm³/mol. The smallest absolute Gasteiger partial charge is 0.338 e. The summed E-state index contributed by atoms with van der Waals surface area (Å²) in [5, 5.41) is 9.96. The lowest BCUT2D eigenvalue weighted by Gasteiger charge is -2.05. The molecule has 1 amide bonds. The van der Waals surface area contributed by atoms with Crippen molar-refractivity contribution in [2.24, 2.45) is 0 Å². The second kappa shape index (κ2) is 7.93. The standard InChI is InChI=1S/C18H15N3O5/c1-24-14-9-7-13(8-10-14)17(23)25-11-15(22)19-18-21-20-16(26-18)12-5-3-2-4-6-12/h2-10H,11H2,1H3,(H,19,21,22). The van der Waals surface area contributed by atoms with Crippen molar-refractivity contribution in [2.75, 3.05) is 19.0 Å². The first kappa shape index (κ1) is 17.2. The molecule has 132 valence electrons. The Balaban J connectivity index is 1.52. The average Bonchev–Trinajstić information content (AvgIpc) is 3.15. The zero-order valence-electron chi connectivity index (χ0n) is 13.8. The minimum atomic E-state index is -0.627. The van der Waals surface area contributed by atoms with Crippen LogP contribution in [0.2, 0.25) is 0 Å². The molecule has 3 aromatic rings. The molecule has 1 heterocycles. The highest BCUT2D eigenvalue weighted by atomic mass is 16.5. The molecule has 0 atom stereocenters. The van der Waals surface area contributed by atoms with Gasteiger partial charge in [-0.1, -0.05) is 23.3 Å². The van der Waals surface area contributed by atoms with Crippen molar-refractivity contribution >= 4 is 17.9 Å². The highest BCUT2D eigenvalue weighted by molar-refractivity contribution is 5.94. The minimum Gasteiger partial charge on any atom is -0.497 e. The third kappa shape index (κ3) is 4.23. The van der Waals surface area contributed by atoms with Gasteiger partial charge in [-0.2, -0.15) is 0 Å². The SMILES string of the molecule is COc1ccc(C(=O)OCC(=O)Nc2nnc(-c3ccccc3)o2)cc1. The van der Waals surface area contributed by atoms with Gasteiger partial charge in [0.1, 0.15) is 5.75 Å². The fraction of sp³-hybridized carbons (Fsp3) is 0.111. The number of ether oxygens (including phenoxy) is 2. The summed E-state index contributed by atoms with van der Waals surface area (Å²) in [5.74, 6) is -0.325. The number of hydrogen-bond donors (Lipinski definition) is 1. The van der Waals surface area contributed by atoms with Crippen LogP contribution in [0, 0.1) is 0 Å². The molecule has 0 unspecified atom stereocenters. The van der Waals surface area contributed by atoms with Crippen LogP contribution in [0.1, 0.15) is 10.4 Å². The van der Waals surface area contributed by atoms with Gasteiger partial charge in [0.15, 0.2) is 6.61 Å². The van der Waals surface area contributed by atoms with Crippen LogP contribution in [0.4, 0.5) is 6.01 Å². The van der Waals surface area contributed by atoms with Gasteiger partial charge in [0.05, 0.1) is 12.7 Å². The fourth-order valence-electron chi connectivity index (χ4n) is 2.07. The molecule has 0 saturated carbocycles. The number of methoxy groups -OCH3 is 1. The molecule has 0 saturated heterocycles. The molecular formula is C18H15N3O5. The maximum Gasteiger partial charge on any atom is 0.338 e. The first-order chi connectivity index (χ1) is 12.7. The lowest BCUT2D eigenvalue weighted by molar-refractivity contribution is -0.119. The van der Waals surface area contributed by atoms with Crippen LogP contribution in [0.15, 0.2) is 59.0 Å². The molecule has 1 N–H and O–H groups in total. The van der Waals surface area contributed by atoms with Crippen molar-refractivity contribution in [3.05, 3.63) is 60.2 Å². The van der Waals surface area contributed by atoms with Crippen LogP contribution >= 0.6 is 0 Å². The van der Waals surface area contributed by atoms with Gasteiger partial charge >= 0.3 is 12.0 Å². The van der Waals surface area contributed by atoms with Crippen LogP contribution in [0.5, 0.6) is 5.75 Å². The van der Waals surface area contributed by atoms with Gasteiger partial charge < -0.3 is 13.9 Å². The summed E-state index contributed by atoms with van der Waals surface area (Å²) < 4.78 is 15.3. The minimum absolute atomic E-state index is 0.0747. The lowest BCUT2D eigenvalue weighted by atomic mass is 10.2. The third-order valence-electron chi connectivity index (χ3n) is 3.35. The number of carbonyl (C=O) groups is 2. The van der Waals surface area contributed by atoms with Crippen molar-refractivity contribution in [1.82, 2.24) is 10.2 Å². The van der Waals surface area contributed by atoms with Crippen molar-refractivity contribution in [2.45, 2.75) is 0 Å². The van der Waals surface area contributed by atoms with E-state index in [4.69, 9.17) is 13.9 Å². The first-order valence-corrected chi connectivity index (χ1v) is 7.65. The van der Waals surface area contributed by atoms with Gasteiger partial charge in [0.2, 0.25) is 5.89 Å². The fourth-order valence-corrected chi connectivity index (χ4v) is 2.07. The highest BCUT2D eigenvalue weighted by Crippen LogP contribution is 2.19. The number of nitrogens with zero attached hydrogens (tertiary/aromatic N) is 2. The second-order valence-corrected chi connectivity index (χ2v) is 5.13. The van der Waals surface area contributed by atoms with Gasteiger partial charge in [0.25, 0.3) is 5.91 Å². The summed E-state index contributed by atoms with van der Waals surface area (Å²) >= 11 is 0. The zero-order valence-corrected chi connectivity index (χ0v) is 13.8. The number of esters is 1. The van der Waals surface area contributed by atoms with E-state index in [1.54, 1.807) is 36.4 Å². The van der Waals surface area contributed by atoms with Crippen molar-refractivity contribution < 1.29 is 23.5 Å². The van der Waals surface area contributed by atoms with Crippen molar-refractivity contribution in [1.29, 1.82) is 0 Å². The number of carbonyl (C=O) groups excluding carboxylic acids is 2. The van der Waals surface area contributed by atoms with E-state index in [0.29, 0.717) is 11.3 Å². The highest BCUT2D eigenvalue weighted by Gasteiger charge is 2.14. The van der Waals surface area contributed by atoms with Crippen LogP contribution < -0.4 is 10.1 Å². The largest absolute Gasteiger partial charge is 0.497 e. The molecule has 0 radical (unpaired) electrons. The van der Waals surface area contributed by atoms with E-state index in [2.05, 4.69) is 15.5 Å². The van der Waals surface area contributed by atoms with Gasteiger partial charge in [-0.05, 0) is 36.4 Å². The van der Waals surface area contributed by atoms with Gasteiger partial charge in [-0.3, -0.25) is 10.1 Å². The Bertz CT molecular complexity index is 891. The molecule has 0 spiro atoms. The van der Waals surface area contributed by atoms with Crippen LogP contribution in [-0.4, -0.2) is 35.8 Å². The molecule has 0 aliphatic rings. The van der Waals surface area contributed by atoms with Gasteiger partial charge in [-0.25, -0.2) is 4.79 Å². The first-order valence-electron chi connectivity index (χ1n) is 7.65. The number of nitrogens with one attached hydrogen (secondary N) is 1. The van der Waals surface area contributed by atoms with Crippen LogP contribution in [-0.2, 0) is 9.53 Å². The summed E-state index contributed by atoms with van der Waals surface area (Å²) in [7, 11) is 1.53. The molecule has 0 aliphatic carbocycles. The van der Waals surface area contributed by atoms with Crippen molar-refractivity contribution in [3.63, 3.8) is 0 Å². The number of anilines is 1. The van der Waals surface area contributed by atoms with E-state index in [1.807, 2.05) is 18.2 Å². The third-order valence-corrected chi connectivity index (χ3v) is 3.35. The molecule has 3 rings (SSSR count). The van der Waals surface area contributed by atoms with E-state index in [1.165, 1.54) is 7.11 Å². The topological polar surface area (TPSA) is 104 Å².